The van der Waals surface area contributed by atoms with Crippen LogP contribution in [-0.2, 0) is 23.1 Å². The van der Waals surface area contributed by atoms with E-state index in [0.29, 0.717) is 0 Å². The lowest BCUT2D eigenvalue weighted by molar-refractivity contribution is -0.00333. The molecular formula is C11H22BO6P. The normalized spacial score (nSPS) is 28.5. The fourth-order valence-corrected chi connectivity index (χ4v) is 3.51. The third kappa shape index (κ3) is 5.54. The van der Waals surface area contributed by atoms with Gasteiger partial charge in [-0.1, -0.05) is 0 Å². The molecule has 0 amide bonds. The lowest BCUT2D eigenvalue weighted by atomic mass is 9.94. The van der Waals surface area contributed by atoms with Crippen LogP contribution in [0.1, 0.15) is 27.7 Å². The zero-order chi connectivity index (χ0) is 14.6. The largest absolute Gasteiger partial charge is 0.388 e. The van der Waals surface area contributed by atoms with Crippen molar-refractivity contribution < 1.29 is 28.2 Å². The van der Waals surface area contributed by atoms with Crippen LogP contribution in [0.5, 0.6) is 0 Å². The van der Waals surface area contributed by atoms with Crippen LogP contribution in [0.4, 0.5) is 0 Å². The van der Waals surface area contributed by atoms with Gasteiger partial charge in [-0.15, -0.1) is 0 Å². The van der Waals surface area contributed by atoms with Crippen molar-refractivity contribution in [2.75, 3.05) is 13.0 Å². The van der Waals surface area contributed by atoms with E-state index in [1.807, 2.05) is 0 Å². The summed E-state index contributed by atoms with van der Waals surface area (Å²) in [4.78, 5) is 0. The van der Waals surface area contributed by atoms with E-state index >= 15 is 0 Å². The molecule has 0 spiro atoms. The summed E-state index contributed by atoms with van der Waals surface area (Å²) in [7, 11) is 2.13. The Labute approximate surface area is 115 Å². The van der Waals surface area contributed by atoms with Crippen LogP contribution < -0.4 is 0 Å². The van der Waals surface area contributed by atoms with E-state index in [1.54, 1.807) is 27.7 Å². The second kappa shape index (κ2) is 7.20. The van der Waals surface area contributed by atoms with Gasteiger partial charge in [-0.05, 0) is 27.7 Å². The molecule has 1 heterocycles. The predicted octanol–water partition coefficient (Wildman–Crippen LogP) is 1.26. The van der Waals surface area contributed by atoms with Crippen molar-refractivity contribution in [1.82, 2.24) is 0 Å². The molecule has 1 fully saturated rings. The zero-order valence-corrected chi connectivity index (χ0v) is 12.7. The molecule has 1 rings (SSSR count). The number of hydrogen-bond donors (Lipinski definition) is 1. The number of rotatable bonds is 7. The van der Waals surface area contributed by atoms with Crippen molar-refractivity contribution in [2.45, 2.75) is 58.1 Å². The summed E-state index contributed by atoms with van der Waals surface area (Å²) in [5, 5.41) is 9.67. The average molecular weight is 292 g/mol. The third-order valence-corrected chi connectivity index (χ3v) is 4.31. The molecule has 1 N–H and O–H groups in total. The summed E-state index contributed by atoms with van der Waals surface area (Å²) in [6, 6.07) is -0.776. The quantitative estimate of drug-likeness (QED) is 0.562. The lowest BCUT2D eigenvalue weighted by Gasteiger charge is -2.24. The van der Waals surface area contributed by atoms with E-state index in [0.717, 1.165) is 0 Å². The highest BCUT2D eigenvalue weighted by atomic mass is 31.2. The molecule has 0 aromatic heterocycles. The Balaban J connectivity index is 2.56. The molecule has 110 valence electrons. The Hall–Kier alpha value is 0.0949. The van der Waals surface area contributed by atoms with Gasteiger partial charge in [0.25, 0.3) is 0 Å². The van der Waals surface area contributed by atoms with E-state index in [1.165, 1.54) is 0 Å². The maximum absolute atomic E-state index is 12.5. The van der Waals surface area contributed by atoms with Crippen molar-refractivity contribution in [3.05, 3.63) is 0 Å². The molecule has 0 aromatic carbocycles. The summed E-state index contributed by atoms with van der Waals surface area (Å²) in [6.07, 6.45) is -2.29. The van der Waals surface area contributed by atoms with Crippen LogP contribution in [0.2, 0.25) is 0 Å². The van der Waals surface area contributed by atoms with Crippen molar-refractivity contribution >= 4 is 15.4 Å². The van der Waals surface area contributed by atoms with Crippen LogP contribution in [0.15, 0.2) is 0 Å². The average Bonchev–Trinajstić information content (AvgIpc) is 2.55. The maximum Gasteiger partial charge on any atom is 0.356 e. The molecule has 0 saturated carbocycles. The fourth-order valence-electron chi connectivity index (χ4n) is 1.68. The van der Waals surface area contributed by atoms with Gasteiger partial charge in [0.2, 0.25) is 0 Å². The van der Waals surface area contributed by atoms with E-state index < -0.39 is 25.8 Å². The van der Waals surface area contributed by atoms with Crippen LogP contribution in [0, 0.1) is 0 Å². The molecule has 1 aliphatic rings. The first-order valence-corrected chi connectivity index (χ1v) is 8.09. The van der Waals surface area contributed by atoms with Crippen molar-refractivity contribution in [1.29, 1.82) is 0 Å². The van der Waals surface area contributed by atoms with Gasteiger partial charge in [-0.25, -0.2) is 0 Å². The topological polar surface area (TPSA) is 74.2 Å². The van der Waals surface area contributed by atoms with Gasteiger partial charge in [0.1, 0.15) is 20.3 Å². The van der Waals surface area contributed by atoms with Crippen LogP contribution in [-0.4, -0.2) is 56.3 Å². The number of aliphatic hydroxyl groups excluding tert-OH is 1. The summed E-state index contributed by atoms with van der Waals surface area (Å²) in [5.41, 5.74) is 0. The van der Waals surface area contributed by atoms with E-state index in [2.05, 4.69) is 0 Å². The van der Waals surface area contributed by atoms with Crippen LogP contribution >= 0.6 is 7.60 Å². The Morgan fingerprint density at radius 3 is 2.21 bits per heavy atom. The maximum atomic E-state index is 12.5. The molecule has 8 heteroatoms. The van der Waals surface area contributed by atoms with Gasteiger partial charge in [0.15, 0.2) is 0 Å². The van der Waals surface area contributed by atoms with Gasteiger partial charge < -0.3 is 23.6 Å². The van der Waals surface area contributed by atoms with Gasteiger partial charge >= 0.3 is 7.60 Å². The number of ether oxygens (including phenoxy) is 2. The molecule has 0 aliphatic carbocycles. The van der Waals surface area contributed by atoms with Gasteiger partial charge in [0, 0.05) is 6.00 Å². The molecular weight excluding hydrogens is 270 g/mol. The molecule has 6 nitrogen and oxygen atoms in total. The monoisotopic (exact) mass is 292 g/mol. The van der Waals surface area contributed by atoms with E-state index in [-0.39, 0.29) is 25.2 Å². The molecule has 1 saturated heterocycles. The summed E-state index contributed by atoms with van der Waals surface area (Å²) in [6.45, 7) is 7.21. The minimum absolute atomic E-state index is 0.158. The molecule has 0 unspecified atom stereocenters. The highest BCUT2D eigenvalue weighted by molar-refractivity contribution is 7.53. The summed E-state index contributed by atoms with van der Waals surface area (Å²) >= 11 is 0. The van der Waals surface area contributed by atoms with Crippen molar-refractivity contribution in [3.63, 3.8) is 0 Å². The zero-order valence-electron chi connectivity index (χ0n) is 11.8. The Kier molecular flexibility index (Phi) is 6.50. The standard InChI is InChI=1S/C11H22BO6P/c1-7(2)17-19(14,18-8(3)4)6-16-9-5-15-11(12)10(9)13/h7-11,13H,5-6H2,1-4H3/t9-,10+,11+/m0/s1. The molecule has 3 atom stereocenters. The van der Waals surface area contributed by atoms with Gasteiger partial charge in [0.05, 0.1) is 24.9 Å². The van der Waals surface area contributed by atoms with Gasteiger partial charge in [-0.2, -0.15) is 0 Å². The second-order valence-corrected chi connectivity index (χ2v) is 6.94. The minimum Gasteiger partial charge on any atom is -0.388 e. The van der Waals surface area contributed by atoms with Gasteiger partial charge in [-0.3, -0.25) is 4.57 Å². The molecule has 0 aromatic rings. The summed E-state index contributed by atoms with van der Waals surface area (Å²) in [5.74, 6) is 0. The first kappa shape index (κ1) is 17.1. The molecule has 1 aliphatic heterocycles. The fraction of sp³-hybridized carbons (Fsp3) is 1.00. The Morgan fingerprint density at radius 1 is 1.32 bits per heavy atom. The molecule has 19 heavy (non-hydrogen) atoms. The molecule has 0 bridgehead atoms. The number of aliphatic hydroxyl groups is 1. The SMILES string of the molecule is [B][C@@H]1OC[C@H](OCP(=O)(OC(C)C)OC(C)C)[C@H]1O. The van der Waals surface area contributed by atoms with E-state index in [9.17, 15) is 9.67 Å². The van der Waals surface area contributed by atoms with Crippen LogP contribution in [0.3, 0.4) is 0 Å². The van der Waals surface area contributed by atoms with Crippen molar-refractivity contribution in [2.24, 2.45) is 0 Å². The second-order valence-electron chi connectivity index (χ2n) is 5.04. The first-order chi connectivity index (χ1) is 8.73. The minimum atomic E-state index is -3.36. The van der Waals surface area contributed by atoms with Crippen molar-refractivity contribution in [3.8, 4) is 0 Å². The predicted molar refractivity (Wildman–Crippen MR) is 71.3 cm³/mol. The van der Waals surface area contributed by atoms with Crippen LogP contribution in [0.25, 0.3) is 0 Å². The smallest absolute Gasteiger partial charge is 0.356 e. The lowest BCUT2D eigenvalue weighted by Crippen LogP contribution is -2.32. The Morgan fingerprint density at radius 2 is 1.84 bits per heavy atom. The Bertz CT molecular complexity index is 310. The highest BCUT2D eigenvalue weighted by Crippen LogP contribution is 2.50. The summed E-state index contributed by atoms with van der Waals surface area (Å²) < 4.78 is 33.5. The third-order valence-electron chi connectivity index (χ3n) is 2.36. The highest BCUT2D eigenvalue weighted by Gasteiger charge is 2.36. The van der Waals surface area contributed by atoms with E-state index in [4.69, 9.17) is 26.4 Å². The number of hydrogen-bond acceptors (Lipinski definition) is 6. The molecule has 2 radical (unpaired) electrons. The first-order valence-electron chi connectivity index (χ1n) is 6.36.